The molecule has 2 heterocycles. The normalized spacial score (nSPS) is 16.6. The van der Waals surface area contributed by atoms with Crippen LogP contribution >= 0.6 is 0 Å². The van der Waals surface area contributed by atoms with E-state index in [2.05, 4.69) is 0 Å². The van der Waals surface area contributed by atoms with Crippen LogP contribution in [0.5, 0.6) is 0 Å². The average Bonchev–Trinajstić information content (AvgIpc) is 2.93. The molecule has 3 rings (SSSR count). The van der Waals surface area contributed by atoms with Gasteiger partial charge >= 0.3 is 11.9 Å². The fourth-order valence-electron chi connectivity index (χ4n) is 3.55. The topological polar surface area (TPSA) is 103 Å². The molecule has 0 saturated carbocycles. The second-order valence-electron chi connectivity index (χ2n) is 6.41. The Morgan fingerprint density at radius 1 is 1.08 bits per heavy atom. The number of para-hydroxylation sites is 1. The van der Waals surface area contributed by atoms with E-state index in [1.165, 1.54) is 6.92 Å². The standard InChI is InChI=1S/C18H21N3O5/c1-12(22)19-6-8-20(9-7-19)17(18(25)26)14-10-21(11-16(23)24)15-5-3-2-4-13(14)15/h2-5,10,17H,6-9,11H2,1H3,(H,23,24)(H,25,26). The first-order valence-electron chi connectivity index (χ1n) is 8.40. The summed E-state index contributed by atoms with van der Waals surface area (Å²) in [7, 11) is 0. The first-order valence-corrected chi connectivity index (χ1v) is 8.40. The summed E-state index contributed by atoms with van der Waals surface area (Å²) in [6.45, 7) is 3.14. The first kappa shape index (κ1) is 17.9. The van der Waals surface area contributed by atoms with Crippen LogP contribution in [0.1, 0.15) is 18.5 Å². The van der Waals surface area contributed by atoms with Crippen LogP contribution in [-0.2, 0) is 20.9 Å². The molecule has 0 aliphatic carbocycles. The van der Waals surface area contributed by atoms with Crippen LogP contribution in [-0.4, -0.2) is 68.6 Å². The van der Waals surface area contributed by atoms with Gasteiger partial charge in [0, 0.05) is 55.8 Å². The lowest BCUT2D eigenvalue weighted by Gasteiger charge is -2.37. The highest BCUT2D eigenvalue weighted by atomic mass is 16.4. The number of rotatable bonds is 5. The second kappa shape index (κ2) is 7.17. The van der Waals surface area contributed by atoms with E-state index in [-0.39, 0.29) is 12.5 Å². The fraction of sp³-hybridized carbons (Fsp3) is 0.389. The van der Waals surface area contributed by atoms with Crippen LogP contribution in [0.15, 0.2) is 30.5 Å². The predicted molar refractivity (Wildman–Crippen MR) is 93.8 cm³/mol. The Labute approximate surface area is 150 Å². The molecule has 1 unspecified atom stereocenters. The molecule has 2 N–H and O–H groups in total. The van der Waals surface area contributed by atoms with Crippen LogP contribution in [0.3, 0.4) is 0 Å². The van der Waals surface area contributed by atoms with E-state index in [0.717, 1.165) is 5.39 Å². The molecule has 1 amide bonds. The number of aromatic nitrogens is 1. The molecule has 2 aromatic rings. The number of carbonyl (C=O) groups excluding carboxylic acids is 1. The van der Waals surface area contributed by atoms with Crippen LogP contribution < -0.4 is 0 Å². The molecule has 26 heavy (non-hydrogen) atoms. The average molecular weight is 359 g/mol. The molecule has 1 saturated heterocycles. The zero-order chi connectivity index (χ0) is 18.8. The van der Waals surface area contributed by atoms with Gasteiger partial charge in [0.25, 0.3) is 0 Å². The molecule has 8 nitrogen and oxygen atoms in total. The van der Waals surface area contributed by atoms with E-state index >= 15 is 0 Å². The van der Waals surface area contributed by atoms with Crippen molar-refractivity contribution in [3.05, 3.63) is 36.0 Å². The maximum absolute atomic E-state index is 12.0. The lowest BCUT2D eigenvalue weighted by molar-refractivity contribution is -0.145. The molecular weight excluding hydrogens is 338 g/mol. The van der Waals surface area contributed by atoms with Crippen molar-refractivity contribution in [3.63, 3.8) is 0 Å². The molecule has 0 radical (unpaired) electrons. The molecule has 1 aliphatic heterocycles. The monoisotopic (exact) mass is 359 g/mol. The van der Waals surface area contributed by atoms with E-state index in [4.69, 9.17) is 5.11 Å². The number of piperazine rings is 1. The third-order valence-electron chi connectivity index (χ3n) is 4.78. The predicted octanol–water partition coefficient (Wildman–Crippen LogP) is 1.02. The summed E-state index contributed by atoms with van der Waals surface area (Å²) in [5.41, 5.74) is 1.27. The molecule has 138 valence electrons. The minimum Gasteiger partial charge on any atom is -0.480 e. The lowest BCUT2D eigenvalue weighted by atomic mass is 10.0. The van der Waals surface area contributed by atoms with Gasteiger partial charge in [-0.3, -0.25) is 19.3 Å². The van der Waals surface area contributed by atoms with Gasteiger partial charge in [0.1, 0.15) is 12.6 Å². The summed E-state index contributed by atoms with van der Waals surface area (Å²) in [4.78, 5) is 38.2. The smallest absolute Gasteiger partial charge is 0.325 e. The van der Waals surface area contributed by atoms with Crippen molar-refractivity contribution in [2.45, 2.75) is 19.5 Å². The van der Waals surface area contributed by atoms with E-state index in [0.29, 0.717) is 37.3 Å². The highest BCUT2D eigenvalue weighted by molar-refractivity contribution is 5.90. The largest absolute Gasteiger partial charge is 0.480 e. The molecule has 1 aliphatic rings. The van der Waals surface area contributed by atoms with Crippen LogP contribution in [0.2, 0.25) is 0 Å². The van der Waals surface area contributed by atoms with Gasteiger partial charge in [-0.2, -0.15) is 0 Å². The Morgan fingerprint density at radius 3 is 2.31 bits per heavy atom. The zero-order valence-electron chi connectivity index (χ0n) is 14.5. The highest BCUT2D eigenvalue weighted by Gasteiger charge is 2.33. The van der Waals surface area contributed by atoms with Gasteiger partial charge in [-0.25, -0.2) is 0 Å². The summed E-state index contributed by atoms with van der Waals surface area (Å²) >= 11 is 0. The maximum Gasteiger partial charge on any atom is 0.325 e. The van der Waals surface area contributed by atoms with Crippen molar-refractivity contribution in [2.75, 3.05) is 26.2 Å². The first-order chi connectivity index (χ1) is 12.4. The third-order valence-corrected chi connectivity index (χ3v) is 4.78. The van der Waals surface area contributed by atoms with Gasteiger partial charge in [0.15, 0.2) is 0 Å². The van der Waals surface area contributed by atoms with Gasteiger partial charge in [-0.05, 0) is 6.07 Å². The summed E-state index contributed by atoms with van der Waals surface area (Å²) in [6, 6.07) is 6.32. The van der Waals surface area contributed by atoms with Gasteiger partial charge in [-0.1, -0.05) is 18.2 Å². The van der Waals surface area contributed by atoms with E-state index < -0.39 is 18.0 Å². The van der Waals surface area contributed by atoms with Crippen molar-refractivity contribution in [1.29, 1.82) is 0 Å². The summed E-state index contributed by atoms with van der Waals surface area (Å²) in [6.07, 6.45) is 1.62. The number of hydrogen-bond acceptors (Lipinski definition) is 4. The molecule has 0 bridgehead atoms. The van der Waals surface area contributed by atoms with E-state index in [9.17, 15) is 19.5 Å². The number of amides is 1. The lowest BCUT2D eigenvalue weighted by Crippen LogP contribution is -2.50. The van der Waals surface area contributed by atoms with Crippen molar-refractivity contribution in [2.24, 2.45) is 0 Å². The number of carbonyl (C=O) groups is 3. The van der Waals surface area contributed by atoms with Crippen LogP contribution in [0, 0.1) is 0 Å². The summed E-state index contributed by atoms with van der Waals surface area (Å²) in [5.74, 6) is -1.99. The van der Waals surface area contributed by atoms with Gasteiger partial charge in [0.2, 0.25) is 5.91 Å². The number of nitrogens with zero attached hydrogens (tertiary/aromatic N) is 3. The SMILES string of the molecule is CC(=O)N1CCN(C(C(=O)O)c2cn(CC(=O)O)c3ccccc23)CC1. The summed E-state index contributed by atoms with van der Waals surface area (Å²) < 4.78 is 1.56. The van der Waals surface area contributed by atoms with Crippen molar-refractivity contribution in [3.8, 4) is 0 Å². The van der Waals surface area contributed by atoms with E-state index in [1.54, 1.807) is 27.8 Å². The molecule has 1 atom stereocenters. The Bertz CT molecular complexity index is 852. The second-order valence-corrected chi connectivity index (χ2v) is 6.41. The van der Waals surface area contributed by atoms with Crippen LogP contribution in [0.4, 0.5) is 0 Å². The van der Waals surface area contributed by atoms with Crippen molar-refractivity contribution >= 4 is 28.7 Å². The third kappa shape index (κ3) is 3.41. The number of fused-ring (bicyclic) bond motifs is 1. The maximum atomic E-state index is 12.0. The molecule has 8 heteroatoms. The molecule has 1 fully saturated rings. The number of hydrogen-bond donors (Lipinski definition) is 2. The van der Waals surface area contributed by atoms with E-state index in [1.807, 2.05) is 17.0 Å². The van der Waals surface area contributed by atoms with Gasteiger partial charge in [-0.15, -0.1) is 0 Å². The molecular formula is C18H21N3O5. The molecule has 1 aromatic heterocycles. The van der Waals surface area contributed by atoms with Crippen molar-refractivity contribution in [1.82, 2.24) is 14.4 Å². The minimum atomic E-state index is -0.987. The summed E-state index contributed by atoms with van der Waals surface area (Å²) in [5, 5.41) is 19.7. The number of carboxylic acids is 2. The van der Waals surface area contributed by atoms with Gasteiger partial charge in [0.05, 0.1) is 0 Å². The Kier molecular flexibility index (Phi) is 4.94. The number of aliphatic carboxylic acids is 2. The fourth-order valence-corrected chi connectivity index (χ4v) is 3.55. The number of carboxylic acid groups (broad SMARTS) is 2. The van der Waals surface area contributed by atoms with Gasteiger partial charge < -0.3 is 19.7 Å². The quantitative estimate of drug-likeness (QED) is 0.826. The highest BCUT2D eigenvalue weighted by Crippen LogP contribution is 2.31. The Balaban J connectivity index is 1.97. The molecule has 0 spiro atoms. The Hall–Kier alpha value is -2.87. The van der Waals surface area contributed by atoms with Crippen molar-refractivity contribution < 1.29 is 24.6 Å². The molecule has 1 aromatic carbocycles. The zero-order valence-corrected chi connectivity index (χ0v) is 14.5. The Morgan fingerprint density at radius 2 is 1.73 bits per heavy atom. The van der Waals surface area contributed by atoms with Crippen LogP contribution in [0.25, 0.3) is 10.9 Å². The number of benzene rings is 1. The minimum absolute atomic E-state index is 0.0189.